The summed E-state index contributed by atoms with van der Waals surface area (Å²) in [4.78, 5) is 25.0. The number of methoxy groups -OCH3 is 2. The highest BCUT2D eigenvalue weighted by molar-refractivity contribution is 5.77. The summed E-state index contributed by atoms with van der Waals surface area (Å²) < 4.78 is 9.60. The predicted octanol–water partition coefficient (Wildman–Crippen LogP) is 1.38. The normalized spacial score (nSPS) is 17.5. The van der Waals surface area contributed by atoms with Crippen LogP contribution in [0, 0.1) is 5.92 Å². The molecule has 1 atom stereocenters. The van der Waals surface area contributed by atoms with Crippen LogP contribution in [-0.2, 0) is 19.1 Å². The molecular weight excluding hydrogens is 246 g/mol. The third kappa shape index (κ3) is 5.87. The van der Waals surface area contributed by atoms with Crippen molar-refractivity contribution < 1.29 is 19.1 Å². The predicted molar refractivity (Wildman–Crippen MR) is 71.6 cm³/mol. The molecule has 0 aliphatic heterocycles. The highest BCUT2D eigenvalue weighted by atomic mass is 16.5. The fraction of sp³-hybridized carbons (Fsp3) is 0.714. The van der Waals surface area contributed by atoms with Gasteiger partial charge in [0.1, 0.15) is 0 Å². The van der Waals surface area contributed by atoms with Crippen LogP contribution in [0.25, 0.3) is 0 Å². The van der Waals surface area contributed by atoms with Crippen LogP contribution in [0.1, 0.15) is 25.7 Å². The van der Waals surface area contributed by atoms with E-state index in [-0.39, 0.29) is 18.3 Å². The van der Waals surface area contributed by atoms with Crippen LogP contribution in [0.2, 0.25) is 0 Å². The summed E-state index contributed by atoms with van der Waals surface area (Å²) in [5.41, 5.74) is 0. The summed E-state index contributed by atoms with van der Waals surface area (Å²) in [6, 6.07) is 0. The Labute approximate surface area is 114 Å². The summed E-state index contributed by atoms with van der Waals surface area (Å²) >= 11 is 0. The molecule has 0 aromatic carbocycles. The number of hydrogen-bond acceptors (Lipinski definition) is 4. The first kappa shape index (κ1) is 15.7. The minimum Gasteiger partial charge on any atom is -0.469 e. The van der Waals surface area contributed by atoms with E-state index >= 15 is 0 Å². The molecule has 5 nitrogen and oxygen atoms in total. The maximum atomic E-state index is 12.2. The lowest BCUT2D eigenvalue weighted by molar-refractivity contribution is -0.142. The van der Waals surface area contributed by atoms with Crippen LogP contribution in [0.5, 0.6) is 0 Å². The maximum Gasteiger partial charge on any atom is 0.307 e. The summed E-state index contributed by atoms with van der Waals surface area (Å²) in [5, 5.41) is 0. The molecule has 0 spiro atoms. The van der Waals surface area contributed by atoms with Gasteiger partial charge in [-0.25, -0.2) is 0 Å². The fourth-order valence-electron chi connectivity index (χ4n) is 2.11. The Morgan fingerprint density at radius 3 is 2.68 bits per heavy atom. The molecule has 5 heteroatoms. The van der Waals surface area contributed by atoms with E-state index in [1.807, 2.05) is 0 Å². The van der Waals surface area contributed by atoms with Crippen molar-refractivity contribution in [3.8, 4) is 0 Å². The van der Waals surface area contributed by atoms with E-state index in [1.165, 1.54) is 7.11 Å². The van der Waals surface area contributed by atoms with E-state index in [1.54, 1.807) is 12.0 Å². The zero-order chi connectivity index (χ0) is 14.1. The zero-order valence-corrected chi connectivity index (χ0v) is 11.8. The number of carbonyl (C=O) groups excluding carboxylic acids is 2. The molecule has 0 saturated heterocycles. The van der Waals surface area contributed by atoms with Gasteiger partial charge in [0.2, 0.25) is 5.91 Å². The molecule has 1 unspecified atom stereocenters. The van der Waals surface area contributed by atoms with Gasteiger partial charge in [0.15, 0.2) is 0 Å². The molecule has 1 aliphatic carbocycles. The van der Waals surface area contributed by atoms with Gasteiger partial charge in [-0.15, -0.1) is 0 Å². The highest BCUT2D eigenvalue weighted by Gasteiger charge is 2.19. The number of allylic oxidation sites excluding steroid dienone is 2. The lowest BCUT2D eigenvalue weighted by atomic mass is 10.0. The summed E-state index contributed by atoms with van der Waals surface area (Å²) in [6.07, 6.45) is 7.06. The molecule has 19 heavy (non-hydrogen) atoms. The van der Waals surface area contributed by atoms with Gasteiger partial charge in [0.05, 0.1) is 20.1 Å². The van der Waals surface area contributed by atoms with Crippen molar-refractivity contribution in [3.63, 3.8) is 0 Å². The highest BCUT2D eigenvalue weighted by Crippen LogP contribution is 2.21. The van der Waals surface area contributed by atoms with Crippen LogP contribution in [0.15, 0.2) is 12.2 Å². The largest absolute Gasteiger partial charge is 0.469 e. The van der Waals surface area contributed by atoms with Crippen molar-refractivity contribution in [1.82, 2.24) is 4.90 Å². The standard InChI is InChI=1S/C14H23NO4/c1-18-10-9-15(8-7-14(17)19-2)13(16)11-12-5-3-4-6-12/h3,5,12H,4,6-11H2,1-2H3. The second-order valence-electron chi connectivity index (χ2n) is 4.67. The van der Waals surface area contributed by atoms with Crippen molar-refractivity contribution in [2.75, 3.05) is 33.9 Å². The van der Waals surface area contributed by atoms with E-state index in [0.29, 0.717) is 32.0 Å². The molecule has 0 N–H and O–H groups in total. The van der Waals surface area contributed by atoms with E-state index in [0.717, 1.165) is 12.8 Å². The third-order valence-corrected chi connectivity index (χ3v) is 3.28. The van der Waals surface area contributed by atoms with Gasteiger partial charge in [-0.05, 0) is 18.8 Å². The van der Waals surface area contributed by atoms with Gasteiger partial charge in [-0.2, -0.15) is 0 Å². The van der Waals surface area contributed by atoms with Crippen molar-refractivity contribution in [2.45, 2.75) is 25.7 Å². The molecule has 0 aromatic rings. The van der Waals surface area contributed by atoms with E-state index in [4.69, 9.17) is 4.74 Å². The number of carbonyl (C=O) groups is 2. The van der Waals surface area contributed by atoms with E-state index < -0.39 is 0 Å². The monoisotopic (exact) mass is 269 g/mol. The average molecular weight is 269 g/mol. The lowest BCUT2D eigenvalue weighted by Crippen LogP contribution is -2.36. The van der Waals surface area contributed by atoms with Gasteiger partial charge in [0.25, 0.3) is 0 Å². The Hall–Kier alpha value is -1.36. The van der Waals surface area contributed by atoms with Crippen molar-refractivity contribution >= 4 is 11.9 Å². The molecule has 0 radical (unpaired) electrons. The second-order valence-corrected chi connectivity index (χ2v) is 4.67. The third-order valence-electron chi connectivity index (χ3n) is 3.28. The summed E-state index contributed by atoms with van der Waals surface area (Å²) in [6.45, 7) is 1.39. The van der Waals surface area contributed by atoms with Crippen molar-refractivity contribution in [2.24, 2.45) is 5.92 Å². The number of hydrogen-bond donors (Lipinski definition) is 0. The smallest absolute Gasteiger partial charge is 0.307 e. The molecule has 108 valence electrons. The van der Waals surface area contributed by atoms with Crippen LogP contribution in [-0.4, -0.2) is 50.7 Å². The number of ether oxygens (including phenoxy) is 2. The Balaban J connectivity index is 2.43. The minimum absolute atomic E-state index is 0.0810. The molecule has 0 heterocycles. The van der Waals surface area contributed by atoms with Crippen LogP contribution in [0.4, 0.5) is 0 Å². The Kier molecular flexibility index (Phi) is 7.18. The van der Waals surface area contributed by atoms with E-state index in [9.17, 15) is 9.59 Å². The van der Waals surface area contributed by atoms with Gasteiger partial charge in [-0.3, -0.25) is 9.59 Å². The maximum absolute atomic E-state index is 12.2. The van der Waals surface area contributed by atoms with Crippen molar-refractivity contribution in [1.29, 1.82) is 0 Å². The van der Waals surface area contributed by atoms with Gasteiger partial charge >= 0.3 is 5.97 Å². The van der Waals surface area contributed by atoms with Gasteiger partial charge in [-0.1, -0.05) is 12.2 Å². The molecule has 1 rings (SSSR count). The van der Waals surface area contributed by atoms with E-state index in [2.05, 4.69) is 16.9 Å². The first-order valence-electron chi connectivity index (χ1n) is 6.67. The van der Waals surface area contributed by atoms with Crippen LogP contribution in [0.3, 0.4) is 0 Å². The zero-order valence-electron chi connectivity index (χ0n) is 11.8. The van der Waals surface area contributed by atoms with Crippen molar-refractivity contribution in [3.05, 3.63) is 12.2 Å². The van der Waals surface area contributed by atoms with Gasteiger partial charge < -0.3 is 14.4 Å². The Morgan fingerprint density at radius 2 is 2.11 bits per heavy atom. The second kappa shape index (κ2) is 8.69. The molecular formula is C14H23NO4. The first-order valence-corrected chi connectivity index (χ1v) is 6.67. The molecule has 1 amide bonds. The van der Waals surface area contributed by atoms with Crippen LogP contribution < -0.4 is 0 Å². The molecule has 0 fully saturated rings. The Bertz CT molecular complexity index is 327. The van der Waals surface area contributed by atoms with Crippen LogP contribution >= 0.6 is 0 Å². The molecule has 0 aromatic heterocycles. The number of esters is 1. The summed E-state index contributed by atoms with van der Waals surface area (Å²) in [7, 11) is 2.95. The Morgan fingerprint density at radius 1 is 1.32 bits per heavy atom. The average Bonchev–Trinajstić information content (AvgIpc) is 2.91. The fourth-order valence-corrected chi connectivity index (χ4v) is 2.11. The number of amides is 1. The number of nitrogens with zero attached hydrogens (tertiary/aromatic N) is 1. The number of rotatable bonds is 8. The lowest BCUT2D eigenvalue weighted by Gasteiger charge is -2.23. The first-order chi connectivity index (χ1) is 9.17. The quantitative estimate of drug-likeness (QED) is 0.493. The topological polar surface area (TPSA) is 55.8 Å². The van der Waals surface area contributed by atoms with Gasteiger partial charge in [0, 0.05) is 26.6 Å². The minimum atomic E-state index is -0.295. The molecule has 1 aliphatic rings. The molecule has 0 saturated carbocycles. The SMILES string of the molecule is COCCN(CCC(=O)OC)C(=O)CC1C=CCC1. The summed E-state index contributed by atoms with van der Waals surface area (Å²) in [5.74, 6) is 0.129. The molecule has 0 bridgehead atoms.